The third kappa shape index (κ3) is 5.96. The molecule has 7 heteroatoms. The minimum Gasteiger partial charge on any atom is -0.355 e. The van der Waals surface area contributed by atoms with Gasteiger partial charge in [-0.1, -0.05) is 25.6 Å². The molecule has 1 N–H and O–H groups in total. The van der Waals surface area contributed by atoms with Crippen LogP contribution < -0.4 is 5.32 Å². The summed E-state index contributed by atoms with van der Waals surface area (Å²) in [6.45, 7) is 6.20. The van der Waals surface area contributed by atoms with E-state index in [9.17, 15) is 13.6 Å². The molecule has 0 aliphatic rings. The Labute approximate surface area is 115 Å². The quantitative estimate of drug-likeness (QED) is 0.646. The molecule has 4 nitrogen and oxygen atoms in total. The molecule has 1 amide bonds. The number of rotatable bonds is 6. The number of carbonyl (C=O) groups excluding carboxylic acids is 1. The third-order valence-electron chi connectivity index (χ3n) is 2.12. The second-order valence-corrected chi connectivity index (χ2v) is 5.45. The molecule has 0 atom stereocenters. The number of nitrogens with zero attached hydrogens (tertiary/aromatic N) is 2. The number of hydrogen-bond acceptors (Lipinski definition) is 4. The van der Waals surface area contributed by atoms with Crippen LogP contribution >= 0.6 is 11.8 Å². The summed E-state index contributed by atoms with van der Waals surface area (Å²) in [5.74, 6) is 0.343. The second-order valence-electron chi connectivity index (χ2n) is 4.50. The van der Waals surface area contributed by atoms with Crippen molar-refractivity contribution < 1.29 is 13.6 Å². The van der Waals surface area contributed by atoms with Gasteiger partial charge in [0.25, 0.3) is 6.43 Å². The highest BCUT2D eigenvalue weighted by atomic mass is 32.2. The fourth-order valence-corrected chi connectivity index (χ4v) is 1.98. The van der Waals surface area contributed by atoms with E-state index in [1.165, 1.54) is 6.07 Å². The Balaban J connectivity index is 2.55. The van der Waals surface area contributed by atoms with Gasteiger partial charge in [0.1, 0.15) is 5.69 Å². The maximum atomic E-state index is 12.6. The number of thioether (sulfide) groups is 1. The van der Waals surface area contributed by atoms with Crippen LogP contribution in [0.4, 0.5) is 8.78 Å². The van der Waals surface area contributed by atoms with Crippen molar-refractivity contribution in [1.29, 1.82) is 0 Å². The van der Waals surface area contributed by atoms with Gasteiger partial charge in [-0.25, -0.2) is 18.7 Å². The van der Waals surface area contributed by atoms with Gasteiger partial charge in [0.2, 0.25) is 5.91 Å². The van der Waals surface area contributed by atoms with Gasteiger partial charge in [-0.15, -0.1) is 0 Å². The van der Waals surface area contributed by atoms with Crippen molar-refractivity contribution in [2.45, 2.75) is 32.4 Å². The molecule has 0 unspecified atom stereocenters. The van der Waals surface area contributed by atoms with E-state index in [0.717, 1.165) is 11.8 Å². The first-order valence-electron chi connectivity index (χ1n) is 5.91. The van der Waals surface area contributed by atoms with E-state index in [1.54, 1.807) is 6.92 Å². The normalized spacial score (nSPS) is 11.1. The monoisotopic (exact) mass is 289 g/mol. The number of hydrogen-bond donors (Lipinski definition) is 1. The highest BCUT2D eigenvalue weighted by Crippen LogP contribution is 2.20. The van der Waals surface area contributed by atoms with Gasteiger partial charge in [0.05, 0.1) is 5.75 Å². The molecule has 0 bridgehead atoms. The zero-order valence-corrected chi connectivity index (χ0v) is 11.9. The Morgan fingerprint density at radius 2 is 2.11 bits per heavy atom. The first-order valence-corrected chi connectivity index (χ1v) is 6.90. The Kier molecular flexibility index (Phi) is 6.14. The summed E-state index contributed by atoms with van der Waals surface area (Å²) < 4.78 is 25.1. The Hall–Kier alpha value is -1.24. The summed E-state index contributed by atoms with van der Waals surface area (Å²) in [5.41, 5.74) is 0.160. The van der Waals surface area contributed by atoms with Crippen molar-refractivity contribution in [3.8, 4) is 0 Å². The van der Waals surface area contributed by atoms with E-state index in [0.29, 0.717) is 18.2 Å². The minimum atomic E-state index is -2.63. The molecule has 0 radical (unpaired) electrons. The Morgan fingerprint density at radius 1 is 1.42 bits per heavy atom. The number of nitrogens with one attached hydrogen (secondary N) is 1. The molecule has 1 heterocycles. The molecule has 106 valence electrons. The number of alkyl halides is 2. The van der Waals surface area contributed by atoms with Crippen molar-refractivity contribution in [3.05, 3.63) is 17.5 Å². The molecular weight excluding hydrogens is 272 g/mol. The molecule has 0 aliphatic heterocycles. The van der Waals surface area contributed by atoms with Gasteiger partial charge in [-0.3, -0.25) is 4.79 Å². The van der Waals surface area contributed by atoms with E-state index in [2.05, 4.69) is 15.3 Å². The maximum absolute atomic E-state index is 12.6. The maximum Gasteiger partial charge on any atom is 0.280 e. The van der Waals surface area contributed by atoms with Crippen LogP contribution in [0.2, 0.25) is 0 Å². The predicted molar refractivity (Wildman–Crippen MR) is 70.3 cm³/mol. The molecule has 19 heavy (non-hydrogen) atoms. The van der Waals surface area contributed by atoms with E-state index >= 15 is 0 Å². The van der Waals surface area contributed by atoms with Crippen molar-refractivity contribution >= 4 is 17.7 Å². The average Bonchev–Trinajstić information content (AvgIpc) is 2.33. The summed E-state index contributed by atoms with van der Waals surface area (Å²) >= 11 is 1.06. The van der Waals surface area contributed by atoms with Gasteiger partial charge in [-0.05, 0) is 18.9 Å². The van der Waals surface area contributed by atoms with Crippen LogP contribution in [0.1, 0.15) is 31.7 Å². The van der Waals surface area contributed by atoms with E-state index in [-0.39, 0.29) is 22.5 Å². The standard InChI is InChI=1S/C12H17F2N3OS/c1-7(2)5-15-10(18)6-19-12-16-8(3)4-9(17-12)11(13)14/h4,7,11H,5-6H2,1-3H3,(H,15,18). The molecule has 1 rings (SSSR count). The molecule has 0 aliphatic carbocycles. The molecule has 0 fully saturated rings. The van der Waals surface area contributed by atoms with Crippen LogP contribution in [0.25, 0.3) is 0 Å². The lowest BCUT2D eigenvalue weighted by atomic mass is 10.2. The van der Waals surface area contributed by atoms with Gasteiger partial charge in [-0.2, -0.15) is 0 Å². The molecular formula is C12H17F2N3OS. The minimum absolute atomic E-state index is 0.124. The highest BCUT2D eigenvalue weighted by Gasteiger charge is 2.13. The molecule has 1 aromatic rings. The van der Waals surface area contributed by atoms with Crippen molar-refractivity contribution in [1.82, 2.24) is 15.3 Å². The van der Waals surface area contributed by atoms with Crippen LogP contribution in [0.15, 0.2) is 11.2 Å². The Morgan fingerprint density at radius 3 is 2.68 bits per heavy atom. The van der Waals surface area contributed by atoms with Gasteiger partial charge >= 0.3 is 0 Å². The lowest BCUT2D eigenvalue weighted by molar-refractivity contribution is -0.118. The van der Waals surface area contributed by atoms with E-state index < -0.39 is 6.43 Å². The van der Waals surface area contributed by atoms with Crippen molar-refractivity contribution in [3.63, 3.8) is 0 Å². The molecule has 0 saturated carbocycles. The smallest absolute Gasteiger partial charge is 0.280 e. The largest absolute Gasteiger partial charge is 0.355 e. The van der Waals surface area contributed by atoms with Gasteiger partial charge in [0.15, 0.2) is 5.16 Å². The number of aromatic nitrogens is 2. The summed E-state index contributed by atoms with van der Waals surface area (Å²) in [6, 6.07) is 1.24. The fourth-order valence-electron chi connectivity index (χ4n) is 1.24. The summed E-state index contributed by atoms with van der Waals surface area (Å²) in [7, 11) is 0. The first-order chi connectivity index (χ1) is 8.88. The van der Waals surface area contributed by atoms with E-state index in [4.69, 9.17) is 0 Å². The second kappa shape index (κ2) is 7.37. The predicted octanol–water partition coefficient (Wildman–Crippen LogP) is 2.59. The zero-order valence-electron chi connectivity index (χ0n) is 11.1. The van der Waals surface area contributed by atoms with Gasteiger partial charge in [0, 0.05) is 12.2 Å². The Bertz CT molecular complexity index is 441. The van der Waals surface area contributed by atoms with Crippen LogP contribution in [-0.4, -0.2) is 28.2 Å². The number of amides is 1. The first kappa shape index (κ1) is 15.8. The molecule has 1 aromatic heterocycles. The zero-order chi connectivity index (χ0) is 14.4. The van der Waals surface area contributed by atoms with Gasteiger partial charge < -0.3 is 5.32 Å². The summed E-state index contributed by atoms with van der Waals surface area (Å²) in [4.78, 5) is 19.2. The molecule has 0 saturated heterocycles. The average molecular weight is 289 g/mol. The lowest BCUT2D eigenvalue weighted by Gasteiger charge is -2.07. The third-order valence-corrected chi connectivity index (χ3v) is 2.96. The number of aryl methyl sites for hydroxylation is 1. The van der Waals surface area contributed by atoms with E-state index in [1.807, 2.05) is 13.8 Å². The number of carbonyl (C=O) groups is 1. The summed E-state index contributed by atoms with van der Waals surface area (Å²) in [5, 5.41) is 2.94. The summed E-state index contributed by atoms with van der Waals surface area (Å²) in [6.07, 6.45) is -2.63. The van der Waals surface area contributed by atoms with Crippen molar-refractivity contribution in [2.24, 2.45) is 5.92 Å². The molecule has 0 spiro atoms. The van der Waals surface area contributed by atoms with Crippen LogP contribution in [0.5, 0.6) is 0 Å². The van der Waals surface area contributed by atoms with Crippen LogP contribution in [0, 0.1) is 12.8 Å². The van der Waals surface area contributed by atoms with Crippen molar-refractivity contribution in [2.75, 3.05) is 12.3 Å². The fraction of sp³-hybridized carbons (Fsp3) is 0.583. The molecule has 0 aromatic carbocycles. The number of halogens is 2. The van der Waals surface area contributed by atoms with Crippen LogP contribution in [-0.2, 0) is 4.79 Å². The topological polar surface area (TPSA) is 54.9 Å². The highest BCUT2D eigenvalue weighted by molar-refractivity contribution is 7.99. The lowest BCUT2D eigenvalue weighted by Crippen LogP contribution is -2.28. The van der Waals surface area contributed by atoms with Crippen LogP contribution in [0.3, 0.4) is 0 Å². The SMILES string of the molecule is Cc1cc(C(F)F)nc(SCC(=O)NCC(C)C)n1.